The number of nitrogens with zero attached hydrogens (tertiary/aromatic N) is 1. The van der Waals surface area contributed by atoms with Crippen molar-refractivity contribution in [1.82, 2.24) is 4.31 Å². The summed E-state index contributed by atoms with van der Waals surface area (Å²) in [6, 6.07) is 3.16. The van der Waals surface area contributed by atoms with Crippen molar-refractivity contribution >= 4 is 27.5 Å². The molecule has 102 valence electrons. The minimum Gasteiger partial charge on any atom is -0.398 e. The van der Waals surface area contributed by atoms with E-state index in [-0.39, 0.29) is 16.6 Å². The average molecular weight is 292 g/mol. The van der Waals surface area contributed by atoms with Crippen LogP contribution >= 0.6 is 11.8 Å². The van der Waals surface area contributed by atoms with Gasteiger partial charge < -0.3 is 5.73 Å². The average Bonchev–Trinajstić information content (AvgIpc) is 2.31. The lowest BCUT2D eigenvalue weighted by Gasteiger charge is -2.24. The van der Waals surface area contributed by atoms with E-state index in [2.05, 4.69) is 0 Å². The molecule has 0 saturated carbocycles. The SMILES string of the molecule is CSCC(C)N(C)S(=O)(=O)c1cc(F)ccc1N. The number of nitrogens with two attached hydrogens (primary N) is 1. The Kier molecular flexibility index (Phi) is 5.01. The molecule has 0 heterocycles. The molecule has 0 saturated heterocycles. The van der Waals surface area contributed by atoms with Gasteiger partial charge in [0.15, 0.2) is 0 Å². The summed E-state index contributed by atoms with van der Waals surface area (Å²) < 4.78 is 38.9. The molecule has 1 atom stereocenters. The van der Waals surface area contributed by atoms with E-state index in [1.165, 1.54) is 17.4 Å². The van der Waals surface area contributed by atoms with Crippen LogP contribution in [0.15, 0.2) is 23.1 Å². The van der Waals surface area contributed by atoms with Crippen LogP contribution in [0.5, 0.6) is 0 Å². The molecule has 1 aromatic rings. The van der Waals surface area contributed by atoms with Crippen molar-refractivity contribution in [1.29, 1.82) is 0 Å². The van der Waals surface area contributed by atoms with E-state index in [1.807, 2.05) is 6.26 Å². The third-order valence-corrected chi connectivity index (χ3v) is 5.50. The van der Waals surface area contributed by atoms with Crippen molar-refractivity contribution in [3.8, 4) is 0 Å². The normalized spacial score (nSPS) is 13.8. The summed E-state index contributed by atoms with van der Waals surface area (Å²) >= 11 is 1.55. The number of benzene rings is 1. The van der Waals surface area contributed by atoms with Crippen molar-refractivity contribution in [3.63, 3.8) is 0 Å². The molecular weight excluding hydrogens is 275 g/mol. The maximum Gasteiger partial charge on any atom is 0.245 e. The molecule has 2 N–H and O–H groups in total. The molecule has 0 spiro atoms. The van der Waals surface area contributed by atoms with E-state index in [4.69, 9.17) is 5.73 Å². The van der Waals surface area contributed by atoms with Gasteiger partial charge in [0.1, 0.15) is 10.7 Å². The van der Waals surface area contributed by atoms with Gasteiger partial charge >= 0.3 is 0 Å². The molecule has 1 unspecified atom stereocenters. The zero-order valence-electron chi connectivity index (χ0n) is 10.6. The Bertz CT molecular complexity index is 520. The smallest absolute Gasteiger partial charge is 0.245 e. The van der Waals surface area contributed by atoms with Gasteiger partial charge in [-0.25, -0.2) is 12.8 Å². The fraction of sp³-hybridized carbons (Fsp3) is 0.455. The maximum atomic E-state index is 13.1. The Labute approximate surface area is 111 Å². The van der Waals surface area contributed by atoms with Gasteiger partial charge in [-0.1, -0.05) is 0 Å². The Hall–Kier alpha value is -0.790. The number of nitrogen functional groups attached to an aromatic ring is 1. The lowest BCUT2D eigenvalue weighted by molar-refractivity contribution is 0.415. The Balaban J connectivity index is 3.17. The highest BCUT2D eigenvalue weighted by atomic mass is 32.2. The van der Waals surface area contributed by atoms with Crippen LogP contribution in [-0.4, -0.2) is 37.8 Å². The van der Waals surface area contributed by atoms with Crippen molar-refractivity contribution < 1.29 is 12.8 Å². The maximum absolute atomic E-state index is 13.1. The summed E-state index contributed by atoms with van der Waals surface area (Å²) in [6.45, 7) is 1.80. The van der Waals surface area contributed by atoms with Crippen LogP contribution in [0.1, 0.15) is 6.92 Å². The predicted molar refractivity (Wildman–Crippen MR) is 73.6 cm³/mol. The standard InChI is InChI=1S/C11H17FN2O2S2/c1-8(7-17-3)14(2)18(15,16)11-6-9(12)4-5-10(11)13/h4-6,8H,7,13H2,1-3H3. The molecule has 0 aromatic heterocycles. The highest BCUT2D eigenvalue weighted by Gasteiger charge is 2.27. The Morgan fingerprint density at radius 3 is 2.67 bits per heavy atom. The van der Waals surface area contributed by atoms with Crippen LogP contribution in [0.4, 0.5) is 10.1 Å². The van der Waals surface area contributed by atoms with Crippen molar-refractivity contribution in [2.24, 2.45) is 0 Å². The summed E-state index contributed by atoms with van der Waals surface area (Å²) in [7, 11) is -2.29. The van der Waals surface area contributed by atoms with Crippen LogP contribution in [0.3, 0.4) is 0 Å². The molecule has 0 aliphatic rings. The number of sulfonamides is 1. The van der Waals surface area contributed by atoms with Crippen LogP contribution < -0.4 is 5.73 Å². The Morgan fingerprint density at radius 1 is 1.50 bits per heavy atom. The molecule has 0 fully saturated rings. The van der Waals surface area contributed by atoms with Gasteiger partial charge in [0.25, 0.3) is 0 Å². The first-order chi connectivity index (χ1) is 8.30. The number of halogens is 1. The first-order valence-electron chi connectivity index (χ1n) is 5.32. The zero-order chi connectivity index (χ0) is 13.9. The van der Waals surface area contributed by atoms with Gasteiger partial charge in [0.05, 0.1) is 5.69 Å². The number of anilines is 1. The number of thioether (sulfide) groups is 1. The lowest BCUT2D eigenvalue weighted by Crippen LogP contribution is -2.36. The molecule has 7 heteroatoms. The summed E-state index contributed by atoms with van der Waals surface area (Å²) in [4.78, 5) is -0.182. The third-order valence-electron chi connectivity index (χ3n) is 2.66. The second-order valence-corrected chi connectivity index (χ2v) is 6.88. The fourth-order valence-electron chi connectivity index (χ4n) is 1.47. The second-order valence-electron chi connectivity index (χ2n) is 4.01. The molecular formula is C11H17FN2O2S2. The Morgan fingerprint density at radius 2 is 2.11 bits per heavy atom. The molecule has 1 aromatic carbocycles. The highest BCUT2D eigenvalue weighted by Crippen LogP contribution is 2.24. The van der Waals surface area contributed by atoms with Gasteiger partial charge in [-0.3, -0.25) is 0 Å². The third kappa shape index (κ3) is 3.15. The largest absolute Gasteiger partial charge is 0.398 e. The first-order valence-corrected chi connectivity index (χ1v) is 8.16. The molecule has 0 amide bonds. The molecule has 18 heavy (non-hydrogen) atoms. The van der Waals surface area contributed by atoms with Gasteiger partial charge in [-0.05, 0) is 31.4 Å². The van der Waals surface area contributed by atoms with E-state index in [9.17, 15) is 12.8 Å². The quantitative estimate of drug-likeness (QED) is 0.840. The molecule has 0 aliphatic heterocycles. The number of hydrogen-bond donors (Lipinski definition) is 1. The van der Waals surface area contributed by atoms with E-state index in [0.29, 0.717) is 5.75 Å². The molecule has 1 rings (SSSR count). The van der Waals surface area contributed by atoms with E-state index < -0.39 is 15.8 Å². The molecule has 0 bridgehead atoms. The van der Waals surface area contributed by atoms with Gasteiger partial charge in [-0.15, -0.1) is 0 Å². The van der Waals surface area contributed by atoms with E-state index in [1.54, 1.807) is 18.7 Å². The lowest BCUT2D eigenvalue weighted by atomic mass is 10.3. The van der Waals surface area contributed by atoms with Crippen molar-refractivity contribution in [3.05, 3.63) is 24.0 Å². The number of hydrogen-bond acceptors (Lipinski definition) is 4. The monoisotopic (exact) mass is 292 g/mol. The predicted octanol–water partition coefficient (Wildman–Crippen LogP) is 1.78. The van der Waals surface area contributed by atoms with Gasteiger partial charge in [0.2, 0.25) is 10.0 Å². The summed E-state index contributed by atoms with van der Waals surface area (Å²) in [5.41, 5.74) is 5.66. The van der Waals surface area contributed by atoms with Gasteiger partial charge in [-0.2, -0.15) is 16.1 Å². The van der Waals surface area contributed by atoms with Crippen LogP contribution in [0.2, 0.25) is 0 Å². The van der Waals surface area contributed by atoms with Crippen molar-refractivity contribution in [2.45, 2.75) is 17.9 Å². The summed E-state index contributed by atoms with van der Waals surface area (Å²) in [5.74, 6) is 0.0407. The summed E-state index contributed by atoms with van der Waals surface area (Å²) in [5, 5.41) is 0. The highest BCUT2D eigenvalue weighted by molar-refractivity contribution is 7.98. The van der Waals surface area contributed by atoms with Crippen LogP contribution in [0, 0.1) is 5.82 Å². The molecule has 0 radical (unpaired) electrons. The topological polar surface area (TPSA) is 63.4 Å². The van der Waals surface area contributed by atoms with Crippen LogP contribution in [0.25, 0.3) is 0 Å². The first kappa shape index (κ1) is 15.3. The summed E-state index contributed by atoms with van der Waals surface area (Å²) in [6.07, 6.45) is 1.90. The second kappa shape index (κ2) is 5.90. The van der Waals surface area contributed by atoms with Crippen LogP contribution in [-0.2, 0) is 10.0 Å². The molecule has 0 aliphatic carbocycles. The number of rotatable bonds is 5. The minimum absolute atomic E-state index is 0.0552. The van der Waals surface area contributed by atoms with E-state index in [0.717, 1.165) is 12.1 Å². The minimum atomic E-state index is -3.76. The fourth-order valence-corrected chi connectivity index (χ4v) is 3.76. The zero-order valence-corrected chi connectivity index (χ0v) is 12.2. The van der Waals surface area contributed by atoms with Gasteiger partial charge in [0, 0.05) is 18.8 Å². The van der Waals surface area contributed by atoms with E-state index >= 15 is 0 Å². The molecule has 4 nitrogen and oxygen atoms in total. The van der Waals surface area contributed by atoms with Crippen molar-refractivity contribution in [2.75, 3.05) is 24.8 Å².